The average molecular weight is 229 g/mol. The summed E-state index contributed by atoms with van der Waals surface area (Å²) >= 11 is 0. The lowest BCUT2D eigenvalue weighted by Crippen LogP contribution is -2.75. The molecule has 1 saturated carbocycles. The first kappa shape index (κ1) is 13.4. The maximum Gasteiger partial charge on any atom is 0.240 e. The number of rotatable bonds is 5. The van der Waals surface area contributed by atoms with E-state index in [-0.39, 0.29) is 17.4 Å². The van der Waals surface area contributed by atoms with Gasteiger partial charge in [0.2, 0.25) is 5.91 Å². The number of ether oxygens (including phenoxy) is 1. The first-order chi connectivity index (χ1) is 7.40. The second-order valence-electron chi connectivity index (χ2n) is 4.89. The summed E-state index contributed by atoms with van der Waals surface area (Å²) in [5.41, 5.74) is 10.3. The summed E-state index contributed by atoms with van der Waals surface area (Å²) in [5.74, 6) is -0.126. The van der Waals surface area contributed by atoms with Crippen molar-refractivity contribution in [2.45, 2.75) is 38.8 Å². The molecule has 1 fully saturated rings. The summed E-state index contributed by atoms with van der Waals surface area (Å²) in [4.78, 5) is 11.9. The molecule has 0 aromatic rings. The van der Waals surface area contributed by atoms with Crippen LogP contribution in [0.15, 0.2) is 0 Å². The predicted molar refractivity (Wildman–Crippen MR) is 62.8 cm³/mol. The third-order valence-corrected chi connectivity index (χ3v) is 3.67. The van der Waals surface area contributed by atoms with E-state index in [2.05, 4.69) is 5.32 Å². The van der Waals surface area contributed by atoms with Gasteiger partial charge in [-0.05, 0) is 6.92 Å². The van der Waals surface area contributed by atoms with Crippen LogP contribution in [-0.2, 0) is 9.53 Å². The van der Waals surface area contributed by atoms with E-state index in [4.69, 9.17) is 16.2 Å². The smallest absolute Gasteiger partial charge is 0.240 e. The summed E-state index contributed by atoms with van der Waals surface area (Å²) in [6.45, 7) is 7.43. The third kappa shape index (κ3) is 1.95. The molecular weight excluding hydrogens is 206 g/mol. The Balaban J connectivity index is 2.63. The van der Waals surface area contributed by atoms with Crippen LogP contribution >= 0.6 is 0 Å². The molecule has 0 aromatic carbocycles. The van der Waals surface area contributed by atoms with Crippen LogP contribution in [0.2, 0.25) is 0 Å². The molecule has 94 valence electrons. The Hall–Kier alpha value is -0.650. The van der Waals surface area contributed by atoms with Gasteiger partial charge in [-0.3, -0.25) is 4.79 Å². The topological polar surface area (TPSA) is 90.4 Å². The van der Waals surface area contributed by atoms with Crippen LogP contribution in [0.4, 0.5) is 0 Å². The van der Waals surface area contributed by atoms with Crippen molar-refractivity contribution in [2.24, 2.45) is 16.9 Å². The van der Waals surface area contributed by atoms with Gasteiger partial charge in [0.1, 0.15) is 5.54 Å². The summed E-state index contributed by atoms with van der Waals surface area (Å²) in [6.07, 6.45) is 0.635. The van der Waals surface area contributed by atoms with Crippen molar-refractivity contribution < 1.29 is 9.53 Å². The Morgan fingerprint density at radius 2 is 2.19 bits per heavy atom. The fourth-order valence-corrected chi connectivity index (χ4v) is 2.16. The number of nitrogens with one attached hydrogen (secondary N) is 1. The van der Waals surface area contributed by atoms with Gasteiger partial charge in [-0.25, -0.2) is 0 Å². The number of hydrogen-bond acceptors (Lipinski definition) is 4. The van der Waals surface area contributed by atoms with Crippen LogP contribution in [0.25, 0.3) is 0 Å². The fourth-order valence-electron chi connectivity index (χ4n) is 2.16. The fraction of sp³-hybridized carbons (Fsp3) is 0.909. The van der Waals surface area contributed by atoms with Crippen molar-refractivity contribution in [1.82, 2.24) is 5.32 Å². The molecule has 0 heterocycles. The molecule has 5 heteroatoms. The van der Waals surface area contributed by atoms with Crippen molar-refractivity contribution in [1.29, 1.82) is 0 Å². The molecule has 0 bridgehead atoms. The summed E-state index contributed by atoms with van der Waals surface area (Å²) in [5, 5.41) is 2.75. The SMILES string of the molecule is CCOC1CC(N)(C(=O)NCCN)C1(C)C. The first-order valence-electron chi connectivity index (χ1n) is 5.79. The minimum absolute atomic E-state index is 0.0612. The lowest BCUT2D eigenvalue weighted by Gasteiger charge is -2.57. The molecule has 2 atom stereocenters. The summed E-state index contributed by atoms with van der Waals surface area (Å²) < 4.78 is 5.56. The van der Waals surface area contributed by atoms with Gasteiger partial charge < -0.3 is 21.5 Å². The van der Waals surface area contributed by atoms with Crippen molar-refractivity contribution in [3.05, 3.63) is 0 Å². The van der Waals surface area contributed by atoms with Gasteiger partial charge in [-0.1, -0.05) is 13.8 Å². The van der Waals surface area contributed by atoms with E-state index in [9.17, 15) is 4.79 Å². The zero-order valence-electron chi connectivity index (χ0n) is 10.4. The van der Waals surface area contributed by atoms with Gasteiger partial charge in [-0.2, -0.15) is 0 Å². The van der Waals surface area contributed by atoms with Gasteiger partial charge >= 0.3 is 0 Å². The Labute approximate surface area is 96.9 Å². The van der Waals surface area contributed by atoms with Crippen molar-refractivity contribution in [2.75, 3.05) is 19.7 Å². The summed E-state index contributed by atoms with van der Waals surface area (Å²) in [6, 6.07) is 0. The zero-order chi connectivity index (χ0) is 12.4. The molecule has 5 N–H and O–H groups in total. The van der Waals surface area contributed by atoms with Gasteiger partial charge in [0.05, 0.1) is 6.10 Å². The normalized spacial score (nSPS) is 31.9. The molecule has 1 aliphatic rings. The van der Waals surface area contributed by atoms with Crippen LogP contribution in [0.5, 0.6) is 0 Å². The molecule has 0 spiro atoms. The highest BCUT2D eigenvalue weighted by Crippen LogP contribution is 2.49. The maximum absolute atomic E-state index is 11.9. The lowest BCUT2D eigenvalue weighted by molar-refractivity contribution is -0.170. The number of carbonyl (C=O) groups excluding carboxylic acids is 1. The average Bonchev–Trinajstić information content (AvgIpc) is 2.25. The van der Waals surface area contributed by atoms with E-state index >= 15 is 0 Å². The van der Waals surface area contributed by atoms with Gasteiger partial charge in [0, 0.05) is 31.5 Å². The molecule has 2 unspecified atom stereocenters. The second kappa shape index (κ2) is 4.69. The van der Waals surface area contributed by atoms with Gasteiger partial charge in [0.15, 0.2) is 0 Å². The van der Waals surface area contributed by atoms with Crippen LogP contribution in [-0.4, -0.2) is 37.2 Å². The van der Waals surface area contributed by atoms with Crippen LogP contribution < -0.4 is 16.8 Å². The molecule has 16 heavy (non-hydrogen) atoms. The van der Waals surface area contributed by atoms with Crippen LogP contribution in [0, 0.1) is 5.41 Å². The molecule has 0 aromatic heterocycles. The molecule has 0 aliphatic heterocycles. The van der Waals surface area contributed by atoms with E-state index in [1.807, 2.05) is 20.8 Å². The largest absolute Gasteiger partial charge is 0.378 e. The number of amides is 1. The Bertz CT molecular complexity index is 268. The Morgan fingerprint density at radius 1 is 1.56 bits per heavy atom. The molecule has 5 nitrogen and oxygen atoms in total. The highest BCUT2D eigenvalue weighted by Gasteiger charge is 2.62. The molecule has 1 amide bonds. The minimum atomic E-state index is -0.831. The quantitative estimate of drug-likeness (QED) is 0.598. The lowest BCUT2D eigenvalue weighted by atomic mass is 9.54. The third-order valence-electron chi connectivity index (χ3n) is 3.67. The Morgan fingerprint density at radius 3 is 2.62 bits per heavy atom. The van der Waals surface area contributed by atoms with Crippen molar-refractivity contribution >= 4 is 5.91 Å². The second-order valence-corrected chi connectivity index (χ2v) is 4.89. The monoisotopic (exact) mass is 229 g/mol. The molecule has 1 aliphatic carbocycles. The zero-order valence-corrected chi connectivity index (χ0v) is 10.4. The molecule has 0 saturated heterocycles. The van der Waals surface area contributed by atoms with Gasteiger partial charge in [0.25, 0.3) is 0 Å². The summed E-state index contributed by atoms with van der Waals surface area (Å²) in [7, 11) is 0. The number of nitrogens with two attached hydrogens (primary N) is 2. The molecule has 1 rings (SSSR count). The van der Waals surface area contributed by atoms with Crippen LogP contribution in [0.1, 0.15) is 27.2 Å². The standard InChI is InChI=1S/C11H23N3O2/c1-4-16-8-7-11(13,10(8,2)3)9(15)14-6-5-12/h8H,4-7,12-13H2,1-3H3,(H,14,15). The van der Waals surface area contributed by atoms with Crippen molar-refractivity contribution in [3.8, 4) is 0 Å². The maximum atomic E-state index is 11.9. The Kier molecular flexibility index (Phi) is 3.93. The van der Waals surface area contributed by atoms with E-state index in [1.165, 1.54) is 0 Å². The van der Waals surface area contributed by atoms with E-state index in [0.29, 0.717) is 26.1 Å². The van der Waals surface area contributed by atoms with Crippen LogP contribution in [0.3, 0.4) is 0 Å². The van der Waals surface area contributed by atoms with Crippen molar-refractivity contribution in [3.63, 3.8) is 0 Å². The predicted octanol–water partition coefficient (Wildman–Crippen LogP) is -0.406. The molecular formula is C11H23N3O2. The first-order valence-corrected chi connectivity index (χ1v) is 5.79. The van der Waals surface area contributed by atoms with E-state index < -0.39 is 5.54 Å². The number of hydrogen-bond donors (Lipinski definition) is 3. The van der Waals surface area contributed by atoms with Gasteiger partial charge in [-0.15, -0.1) is 0 Å². The minimum Gasteiger partial charge on any atom is -0.378 e. The van der Waals surface area contributed by atoms with E-state index in [1.54, 1.807) is 0 Å². The van der Waals surface area contributed by atoms with E-state index in [0.717, 1.165) is 0 Å². The number of carbonyl (C=O) groups is 1. The highest BCUT2D eigenvalue weighted by molar-refractivity contribution is 5.88. The molecule has 0 radical (unpaired) electrons. The highest BCUT2D eigenvalue weighted by atomic mass is 16.5.